The highest BCUT2D eigenvalue weighted by atomic mass is 16.5. The van der Waals surface area contributed by atoms with Crippen LogP contribution >= 0.6 is 0 Å². The second-order valence-corrected chi connectivity index (χ2v) is 4.52. The summed E-state index contributed by atoms with van der Waals surface area (Å²) in [6.07, 6.45) is 0.885. The SMILES string of the molecule is Cc1ccccc1NC1(CO)CCOC1C. The van der Waals surface area contributed by atoms with Crippen LogP contribution in [0.3, 0.4) is 0 Å². The van der Waals surface area contributed by atoms with Gasteiger partial charge in [-0.05, 0) is 31.9 Å². The number of aliphatic hydroxyl groups excluding tert-OH is 1. The van der Waals surface area contributed by atoms with E-state index in [0.29, 0.717) is 6.61 Å². The number of aliphatic hydroxyl groups is 1. The van der Waals surface area contributed by atoms with E-state index in [2.05, 4.69) is 18.3 Å². The van der Waals surface area contributed by atoms with Crippen LogP contribution in [0.1, 0.15) is 18.9 Å². The number of aryl methyl sites for hydroxylation is 1. The Balaban J connectivity index is 2.22. The van der Waals surface area contributed by atoms with Gasteiger partial charge in [-0.25, -0.2) is 0 Å². The predicted octanol–water partition coefficient (Wildman–Crippen LogP) is 1.95. The molecule has 0 amide bonds. The number of hydrogen-bond acceptors (Lipinski definition) is 3. The Morgan fingerprint density at radius 3 is 2.81 bits per heavy atom. The summed E-state index contributed by atoms with van der Waals surface area (Å²) in [6.45, 7) is 4.88. The van der Waals surface area contributed by atoms with Gasteiger partial charge in [0.2, 0.25) is 0 Å². The van der Waals surface area contributed by atoms with E-state index in [1.54, 1.807) is 0 Å². The number of rotatable bonds is 3. The van der Waals surface area contributed by atoms with E-state index < -0.39 is 0 Å². The number of benzene rings is 1. The number of para-hydroxylation sites is 1. The third kappa shape index (κ3) is 1.93. The van der Waals surface area contributed by atoms with E-state index in [0.717, 1.165) is 12.1 Å². The maximum Gasteiger partial charge on any atom is 0.0885 e. The Hall–Kier alpha value is -1.06. The zero-order chi connectivity index (χ0) is 11.6. The van der Waals surface area contributed by atoms with Gasteiger partial charge in [-0.15, -0.1) is 0 Å². The Labute approximate surface area is 96.4 Å². The van der Waals surface area contributed by atoms with Crippen LogP contribution in [0.5, 0.6) is 0 Å². The first kappa shape index (κ1) is 11.4. The second kappa shape index (κ2) is 4.44. The average molecular weight is 221 g/mol. The molecule has 2 atom stereocenters. The Morgan fingerprint density at radius 2 is 2.25 bits per heavy atom. The van der Waals surface area contributed by atoms with E-state index >= 15 is 0 Å². The van der Waals surface area contributed by atoms with Gasteiger partial charge in [0.05, 0.1) is 18.2 Å². The molecule has 1 aromatic rings. The van der Waals surface area contributed by atoms with Gasteiger partial charge < -0.3 is 15.2 Å². The lowest BCUT2D eigenvalue weighted by Gasteiger charge is -2.33. The molecule has 1 aromatic carbocycles. The van der Waals surface area contributed by atoms with Crippen LogP contribution in [0.4, 0.5) is 5.69 Å². The Morgan fingerprint density at radius 1 is 1.50 bits per heavy atom. The van der Waals surface area contributed by atoms with Crippen molar-refractivity contribution in [2.24, 2.45) is 0 Å². The molecular formula is C13H19NO2. The van der Waals surface area contributed by atoms with Crippen molar-refractivity contribution in [3.63, 3.8) is 0 Å². The van der Waals surface area contributed by atoms with Crippen molar-refractivity contribution in [3.8, 4) is 0 Å². The first-order valence-corrected chi connectivity index (χ1v) is 5.74. The summed E-state index contributed by atoms with van der Waals surface area (Å²) in [7, 11) is 0. The minimum Gasteiger partial charge on any atom is -0.394 e. The van der Waals surface area contributed by atoms with Gasteiger partial charge in [0.15, 0.2) is 0 Å². The summed E-state index contributed by atoms with van der Waals surface area (Å²) in [6, 6.07) is 8.12. The molecule has 3 heteroatoms. The molecule has 1 aliphatic heterocycles. The summed E-state index contributed by atoms with van der Waals surface area (Å²) in [5.74, 6) is 0. The van der Waals surface area contributed by atoms with Gasteiger partial charge >= 0.3 is 0 Å². The molecule has 16 heavy (non-hydrogen) atoms. The first-order chi connectivity index (χ1) is 7.68. The smallest absolute Gasteiger partial charge is 0.0885 e. The highest BCUT2D eigenvalue weighted by Crippen LogP contribution is 2.30. The molecule has 0 spiro atoms. The monoisotopic (exact) mass is 221 g/mol. The van der Waals surface area contributed by atoms with E-state index in [4.69, 9.17) is 4.74 Å². The molecule has 1 heterocycles. The largest absolute Gasteiger partial charge is 0.394 e. The van der Waals surface area contributed by atoms with Crippen LogP contribution in [0.2, 0.25) is 0 Å². The van der Waals surface area contributed by atoms with Crippen LogP contribution < -0.4 is 5.32 Å². The van der Waals surface area contributed by atoms with Gasteiger partial charge in [0.25, 0.3) is 0 Å². The van der Waals surface area contributed by atoms with Crippen molar-refractivity contribution in [1.29, 1.82) is 0 Å². The highest BCUT2D eigenvalue weighted by Gasteiger charge is 2.41. The third-order valence-electron chi connectivity index (χ3n) is 3.51. The normalized spacial score (nSPS) is 29.3. The van der Waals surface area contributed by atoms with Crippen LogP contribution in [-0.2, 0) is 4.74 Å². The quantitative estimate of drug-likeness (QED) is 0.819. The summed E-state index contributed by atoms with van der Waals surface area (Å²) < 4.78 is 5.55. The fourth-order valence-corrected chi connectivity index (χ4v) is 2.17. The van der Waals surface area contributed by atoms with E-state index in [1.165, 1.54) is 5.56 Å². The lowest BCUT2D eigenvalue weighted by atomic mass is 9.92. The van der Waals surface area contributed by atoms with Crippen molar-refractivity contribution in [2.45, 2.75) is 31.9 Å². The van der Waals surface area contributed by atoms with Gasteiger partial charge in [-0.3, -0.25) is 0 Å². The standard InChI is InChI=1S/C13H19NO2/c1-10-5-3-4-6-12(10)14-13(9-15)7-8-16-11(13)2/h3-6,11,14-15H,7-9H2,1-2H3. The van der Waals surface area contributed by atoms with E-state index in [1.807, 2.05) is 25.1 Å². The van der Waals surface area contributed by atoms with Crippen molar-refractivity contribution >= 4 is 5.69 Å². The van der Waals surface area contributed by atoms with Crippen LogP contribution in [0.25, 0.3) is 0 Å². The minimum atomic E-state index is -0.327. The molecule has 1 fully saturated rings. The summed E-state index contributed by atoms with van der Waals surface area (Å²) in [4.78, 5) is 0. The first-order valence-electron chi connectivity index (χ1n) is 5.74. The molecule has 0 saturated carbocycles. The van der Waals surface area contributed by atoms with E-state index in [-0.39, 0.29) is 18.2 Å². The lowest BCUT2D eigenvalue weighted by Crippen LogP contribution is -2.48. The van der Waals surface area contributed by atoms with Crippen LogP contribution in [0.15, 0.2) is 24.3 Å². The summed E-state index contributed by atoms with van der Waals surface area (Å²) in [5, 5.41) is 13.0. The molecule has 0 bridgehead atoms. The number of hydrogen-bond donors (Lipinski definition) is 2. The summed E-state index contributed by atoms with van der Waals surface area (Å²) in [5.41, 5.74) is 1.94. The Bertz CT molecular complexity index is 367. The van der Waals surface area contributed by atoms with Crippen molar-refractivity contribution < 1.29 is 9.84 Å². The maximum atomic E-state index is 9.60. The van der Waals surface area contributed by atoms with Crippen molar-refractivity contribution in [1.82, 2.24) is 0 Å². The van der Waals surface area contributed by atoms with Crippen LogP contribution in [-0.4, -0.2) is 30.0 Å². The zero-order valence-electron chi connectivity index (χ0n) is 9.86. The van der Waals surface area contributed by atoms with Gasteiger partial charge in [0, 0.05) is 12.3 Å². The molecule has 0 aliphatic carbocycles. The van der Waals surface area contributed by atoms with Crippen molar-refractivity contribution in [2.75, 3.05) is 18.5 Å². The molecule has 2 N–H and O–H groups in total. The number of anilines is 1. The Kier molecular flexibility index (Phi) is 3.17. The van der Waals surface area contributed by atoms with Crippen LogP contribution in [0, 0.1) is 6.92 Å². The molecule has 1 aliphatic rings. The molecular weight excluding hydrogens is 202 g/mol. The third-order valence-corrected chi connectivity index (χ3v) is 3.51. The molecule has 2 unspecified atom stereocenters. The fourth-order valence-electron chi connectivity index (χ4n) is 2.17. The molecule has 0 radical (unpaired) electrons. The fraction of sp³-hybridized carbons (Fsp3) is 0.538. The number of nitrogens with one attached hydrogen (secondary N) is 1. The predicted molar refractivity (Wildman–Crippen MR) is 64.6 cm³/mol. The minimum absolute atomic E-state index is 0.0390. The average Bonchev–Trinajstić information content (AvgIpc) is 2.64. The molecule has 88 valence electrons. The highest BCUT2D eigenvalue weighted by molar-refractivity contribution is 5.52. The lowest BCUT2D eigenvalue weighted by molar-refractivity contribution is 0.0792. The number of ether oxygens (including phenoxy) is 1. The molecule has 0 aromatic heterocycles. The topological polar surface area (TPSA) is 41.5 Å². The van der Waals surface area contributed by atoms with E-state index in [9.17, 15) is 5.11 Å². The van der Waals surface area contributed by atoms with Gasteiger partial charge in [-0.2, -0.15) is 0 Å². The second-order valence-electron chi connectivity index (χ2n) is 4.52. The zero-order valence-corrected chi connectivity index (χ0v) is 9.86. The molecule has 1 saturated heterocycles. The molecule has 3 nitrogen and oxygen atoms in total. The maximum absolute atomic E-state index is 9.60. The summed E-state index contributed by atoms with van der Waals surface area (Å²) >= 11 is 0. The van der Waals surface area contributed by atoms with Gasteiger partial charge in [-0.1, -0.05) is 18.2 Å². The van der Waals surface area contributed by atoms with Crippen molar-refractivity contribution in [3.05, 3.63) is 29.8 Å². The molecule has 2 rings (SSSR count). The van der Waals surface area contributed by atoms with Gasteiger partial charge in [0.1, 0.15) is 0 Å².